The molecule has 6 heteroatoms. The Morgan fingerprint density at radius 2 is 1.83 bits per heavy atom. The van der Waals surface area contributed by atoms with E-state index in [1.54, 1.807) is 61.5 Å². The van der Waals surface area contributed by atoms with Crippen LogP contribution in [0.2, 0.25) is 0 Å². The average Bonchev–Trinajstić information content (AvgIpc) is 2.60. The van der Waals surface area contributed by atoms with Gasteiger partial charge in [0, 0.05) is 19.7 Å². The number of halogens is 1. The summed E-state index contributed by atoms with van der Waals surface area (Å²) in [6, 6.07) is 13.4. The van der Waals surface area contributed by atoms with Crippen LogP contribution in [-0.4, -0.2) is 37.4 Å². The van der Waals surface area contributed by atoms with Crippen molar-refractivity contribution >= 4 is 17.5 Å². The van der Waals surface area contributed by atoms with Gasteiger partial charge in [0.05, 0.1) is 17.8 Å². The molecular weight excluding hydrogens is 309 g/mol. The summed E-state index contributed by atoms with van der Waals surface area (Å²) >= 11 is 0. The SMILES string of the molecule is CNC(=O)CN1c2ccccc2C(=O)N(C)[C@H]1c1ccccc1F. The highest BCUT2D eigenvalue weighted by atomic mass is 19.1. The minimum Gasteiger partial charge on any atom is -0.358 e. The first-order valence-corrected chi connectivity index (χ1v) is 7.62. The van der Waals surface area contributed by atoms with E-state index in [2.05, 4.69) is 5.32 Å². The second kappa shape index (κ2) is 6.31. The average molecular weight is 327 g/mol. The minimum atomic E-state index is -0.689. The van der Waals surface area contributed by atoms with Crippen molar-refractivity contribution in [2.75, 3.05) is 25.5 Å². The molecule has 5 nitrogen and oxygen atoms in total. The molecule has 2 aromatic carbocycles. The molecule has 0 unspecified atom stereocenters. The predicted molar refractivity (Wildman–Crippen MR) is 89.1 cm³/mol. The number of carbonyl (C=O) groups excluding carboxylic acids is 2. The molecule has 0 spiro atoms. The van der Waals surface area contributed by atoms with Crippen LogP contribution in [0, 0.1) is 5.82 Å². The molecule has 0 fully saturated rings. The van der Waals surface area contributed by atoms with E-state index in [4.69, 9.17) is 0 Å². The summed E-state index contributed by atoms with van der Waals surface area (Å²) in [5, 5.41) is 2.58. The molecule has 0 radical (unpaired) electrons. The van der Waals surface area contributed by atoms with E-state index in [0.29, 0.717) is 16.8 Å². The number of likely N-dealkylation sites (N-methyl/N-ethyl adjacent to an activating group) is 1. The van der Waals surface area contributed by atoms with Crippen molar-refractivity contribution in [2.24, 2.45) is 0 Å². The predicted octanol–water partition coefficient (Wildman–Crippen LogP) is 2.16. The lowest BCUT2D eigenvalue weighted by molar-refractivity contribution is -0.119. The number of benzene rings is 2. The Morgan fingerprint density at radius 3 is 2.54 bits per heavy atom. The third kappa shape index (κ3) is 2.60. The van der Waals surface area contributed by atoms with Crippen molar-refractivity contribution in [3.05, 3.63) is 65.5 Å². The molecule has 1 aliphatic heterocycles. The van der Waals surface area contributed by atoms with Crippen molar-refractivity contribution in [2.45, 2.75) is 6.17 Å². The summed E-state index contributed by atoms with van der Waals surface area (Å²) < 4.78 is 14.4. The van der Waals surface area contributed by atoms with Crippen molar-refractivity contribution in [3.8, 4) is 0 Å². The first kappa shape index (κ1) is 16.0. The van der Waals surface area contributed by atoms with Crippen LogP contribution in [0.25, 0.3) is 0 Å². The summed E-state index contributed by atoms with van der Waals surface area (Å²) in [4.78, 5) is 27.9. The molecule has 1 aliphatic rings. The lowest BCUT2D eigenvalue weighted by atomic mass is 10.0. The Labute approximate surface area is 139 Å². The maximum Gasteiger partial charge on any atom is 0.257 e. The van der Waals surface area contributed by atoms with Crippen molar-refractivity contribution in [1.29, 1.82) is 0 Å². The van der Waals surface area contributed by atoms with E-state index in [1.807, 2.05) is 0 Å². The molecule has 0 aliphatic carbocycles. The molecule has 1 atom stereocenters. The third-order valence-electron chi connectivity index (χ3n) is 4.20. The van der Waals surface area contributed by atoms with Crippen LogP contribution >= 0.6 is 0 Å². The van der Waals surface area contributed by atoms with Gasteiger partial charge in [0.25, 0.3) is 5.91 Å². The highest BCUT2D eigenvalue weighted by molar-refractivity contribution is 6.02. The maximum atomic E-state index is 14.4. The molecule has 1 N–H and O–H groups in total. The van der Waals surface area contributed by atoms with Gasteiger partial charge in [0.2, 0.25) is 5.91 Å². The van der Waals surface area contributed by atoms with Gasteiger partial charge in [0.1, 0.15) is 12.0 Å². The number of hydrogen-bond acceptors (Lipinski definition) is 3. The third-order valence-corrected chi connectivity index (χ3v) is 4.20. The highest BCUT2D eigenvalue weighted by Crippen LogP contribution is 2.38. The number of nitrogens with one attached hydrogen (secondary N) is 1. The monoisotopic (exact) mass is 327 g/mol. The molecule has 0 saturated carbocycles. The van der Waals surface area contributed by atoms with E-state index in [1.165, 1.54) is 11.0 Å². The summed E-state index contributed by atoms with van der Waals surface area (Å²) in [7, 11) is 3.16. The fraction of sp³-hybridized carbons (Fsp3) is 0.222. The Hall–Kier alpha value is -2.89. The molecule has 2 amide bonds. The number of carbonyl (C=O) groups is 2. The van der Waals surface area contributed by atoms with E-state index in [-0.39, 0.29) is 18.4 Å². The van der Waals surface area contributed by atoms with Crippen molar-refractivity contribution < 1.29 is 14.0 Å². The number of fused-ring (bicyclic) bond motifs is 1. The normalized spacial score (nSPS) is 16.8. The quantitative estimate of drug-likeness (QED) is 0.940. The number of nitrogens with zero attached hydrogens (tertiary/aromatic N) is 2. The first-order valence-electron chi connectivity index (χ1n) is 7.62. The fourth-order valence-corrected chi connectivity index (χ4v) is 3.01. The van der Waals surface area contributed by atoms with Crippen LogP contribution in [0.5, 0.6) is 0 Å². The van der Waals surface area contributed by atoms with Crippen LogP contribution in [0.4, 0.5) is 10.1 Å². The van der Waals surface area contributed by atoms with Gasteiger partial charge < -0.3 is 15.1 Å². The molecule has 2 aromatic rings. The summed E-state index contributed by atoms with van der Waals surface area (Å²) in [6.45, 7) is 0.0180. The van der Waals surface area contributed by atoms with E-state index in [9.17, 15) is 14.0 Å². The fourth-order valence-electron chi connectivity index (χ4n) is 3.01. The summed E-state index contributed by atoms with van der Waals surface area (Å²) in [6.07, 6.45) is -0.689. The largest absolute Gasteiger partial charge is 0.358 e. The minimum absolute atomic E-state index is 0.0180. The topological polar surface area (TPSA) is 52.7 Å². The number of para-hydroxylation sites is 1. The summed E-state index contributed by atoms with van der Waals surface area (Å²) in [5.41, 5.74) is 1.47. The molecule has 0 aromatic heterocycles. The van der Waals surface area contributed by atoms with Gasteiger partial charge in [-0.05, 0) is 18.2 Å². The lowest BCUT2D eigenvalue weighted by Gasteiger charge is -2.43. The first-order chi connectivity index (χ1) is 11.5. The zero-order valence-electron chi connectivity index (χ0n) is 13.5. The van der Waals surface area contributed by atoms with Crippen LogP contribution in [0.15, 0.2) is 48.5 Å². The van der Waals surface area contributed by atoms with Crippen LogP contribution in [-0.2, 0) is 4.79 Å². The van der Waals surface area contributed by atoms with Crippen molar-refractivity contribution in [1.82, 2.24) is 10.2 Å². The standard InChI is InChI=1S/C18H18FN3O2/c1-20-16(23)11-22-15-10-6-4-8-13(15)18(24)21(2)17(22)12-7-3-5-9-14(12)19/h3-10,17H,11H2,1-2H3,(H,20,23)/t17-/m1/s1. The Kier molecular flexibility index (Phi) is 4.20. The second-order valence-corrected chi connectivity index (χ2v) is 5.63. The highest BCUT2D eigenvalue weighted by Gasteiger charge is 2.38. The van der Waals surface area contributed by atoms with Gasteiger partial charge in [-0.1, -0.05) is 30.3 Å². The molecule has 124 valence electrons. The smallest absolute Gasteiger partial charge is 0.257 e. The van der Waals surface area contributed by atoms with Gasteiger partial charge in [-0.3, -0.25) is 9.59 Å². The van der Waals surface area contributed by atoms with Crippen LogP contribution < -0.4 is 10.2 Å². The molecule has 24 heavy (non-hydrogen) atoms. The van der Waals surface area contributed by atoms with Crippen molar-refractivity contribution in [3.63, 3.8) is 0 Å². The number of hydrogen-bond donors (Lipinski definition) is 1. The number of amides is 2. The van der Waals surface area contributed by atoms with Gasteiger partial charge in [0.15, 0.2) is 0 Å². The van der Waals surface area contributed by atoms with Gasteiger partial charge in [-0.25, -0.2) is 4.39 Å². The van der Waals surface area contributed by atoms with E-state index >= 15 is 0 Å². The zero-order chi connectivity index (χ0) is 17.3. The van der Waals surface area contributed by atoms with Gasteiger partial charge >= 0.3 is 0 Å². The molecule has 3 rings (SSSR count). The van der Waals surface area contributed by atoms with Crippen LogP contribution in [0.1, 0.15) is 22.1 Å². The maximum absolute atomic E-state index is 14.4. The second-order valence-electron chi connectivity index (χ2n) is 5.63. The Bertz CT molecular complexity index is 793. The van der Waals surface area contributed by atoms with Gasteiger partial charge in [-0.15, -0.1) is 0 Å². The molecular formula is C18H18FN3O2. The molecule has 1 heterocycles. The molecule has 0 bridgehead atoms. The number of anilines is 1. The van der Waals surface area contributed by atoms with Gasteiger partial charge in [-0.2, -0.15) is 0 Å². The lowest BCUT2D eigenvalue weighted by Crippen LogP contribution is -2.50. The Morgan fingerprint density at radius 1 is 1.17 bits per heavy atom. The Balaban J connectivity index is 2.16. The van der Waals surface area contributed by atoms with E-state index < -0.39 is 12.0 Å². The summed E-state index contributed by atoms with van der Waals surface area (Å²) in [5.74, 6) is -0.829. The van der Waals surface area contributed by atoms with E-state index in [0.717, 1.165) is 0 Å². The van der Waals surface area contributed by atoms with Crippen LogP contribution in [0.3, 0.4) is 0 Å². The molecule has 0 saturated heterocycles. The zero-order valence-corrected chi connectivity index (χ0v) is 13.5. The number of rotatable bonds is 3.